The summed E-state index contributed by atoms with van der Waals surface area (Å²) in [6, 6.07) is 3.08. The molecule has 3 N–H and O–H groups in total. The van der Waals surface area contributed by atoms with E-state index in [1.807, 2.05) is 48.5 Å². The maximum absolute atomic E-state index is 12.7. The molecule has 0 aliphatic rings. The van der Waals surface area contributed by atoms with Crippen molar-refractivity contribution in [3.05, 3.63) is 23.8 Å². The van der Waals surface area contributed by atoms with Gasteiger partial charge in [-0.25, -0.2) is 4.79 Å². The van der Waals surface area contributed by atoms with Crippen LogP contribution in [0.1, 0.15) is 93.1 Å². The zero-order chi connectivity index (χ0) is 30.1. The van der Waals surface area contributed by atoms with Gasteiger partial charge in [0.2, 0.25) is 0 Å². The Morgan fingerprint density at radius 1 is 0.897 bits per heavy atom. The minimum atomic E-state index is -1.37. The highest BCUT2D eigenvalue weighted by molar-refractivity contribution is 5.78. The van der Waals surface area contributed by atoms with Crippen LogP contribution in [0, 0.1) is 16.7 Å². The van der Waals surface area contributed by atoms with E-state index in [9.17, 15) is 24.3 Å². The fourth-order valence-corrected chi connectivity index (χ4v) is 3.71. The molecule has 0 fully saturated rings. The molecule has 0 bridgehead atoms. The predicted octanol–water partition coefficient (Wildman–Crippen LogP) is 5.45. The van der Waals surface area contributed by atoms with Gasteiger partial charge >= 0.3 is 24.1 Å². The van der Waals surface area contributed by atoms with Gasteiger partial charge in [0, 0.05) is 5.92 Å². The molecule has 1 aromatic rings. The third-order valence-corrected chi connectivity index (χ3v) is 5.77. The quantitative estimate of drug-likeness (QED) is 0.253. The lowest BCUT2D eigenvalue weighted by Crippen LogP contribution is -2.40. The Balaban J connectivity index is 3.38. The predicted molar refractivity (Wildman–Crippen MR) is 146 cm³/mol. The number of ether oxygens (including phenoxy) is 4. The van der Waals surface area contributed by atoms with Crippen LogP contribution in [0.4, 0.5) is 4.79 Å². The standard InChI is InChI=1S/C29H45NO9/c1-10-18(3)37-27(35)36-16-17(2)24(25(30)26(33)34)19-11-12-20(38-22(31)14-28(4,5)6)21(13-19)39-23(32)15-29(7,8)9/h11-13,17-18,24-25H,10,14-16,30H2,1-9H3,(H,33,34)/t17?,18?,24?,25-/m0/s1. The van der Waals surface area contributed by atoms with Crippen molar-refractivity contribution < 1.29 is 43.2 Å². The third kappa shape index (κ3) is 12.5. The van der Waals surface area contributed by atoms with E-state index in [0.717, 1.165) is 0 Å². The first kappa shape index (κ1) is 33.9. The van der Waals surface area contributed by atoms with Gasteiger partial charge in [-0.05, 0) is 47.8 Å². The molecule has 0 aromatic heterocycles. The molecule has 0 heterocycles. The number of nitrogens with two attached hydrogens (primary N) is 1. The largest absolute Gasteiger partial charge is 0.508 e. The second kappa shape index (κ2) is 14.3. The van der Waals surface area contributed by atoms with Crippen molar-refractivity contribution in [2.45, 2.75) is 99.6 Å². The van der Waals surface area contributed by atoms with E-state index in [-0.39, 0.29) is 47.9 Å². The molecule has 10 nitrogen and oxygen atoms in total. The zero-order valence-electron chi connectivity index (χ0n) is 24.7. The molecule has 39 heavy (non-hydrogen) atoms. The second-order valence-corrected chi connectivity index (χ2v) is 12.4. The topological polar surface area (TPSA) is 151 Å². The van der Waals surface area contributed by atoms with Gasteiger partial charge in [-0.15, -0.1) is 0 Å². The van der Waals surface area contributed by atoms with Crippen molar-refractivity contribution in [1.29, 1.82) is 0 Å². The highest BCUT2D eigenvalue weighted by Gasteiger charge is 2.33. The average molecular weight is 552 g/mol. The number of hydrogen-bond acceptors (Lipinski definition) is 9. The van der Waals surface area contributed by atoms with E-state index in [1.165, 1.54) is 12.1 Å². The van der Waals surface area contributed by atoms with E-state index in [4.69, 9.17) is 24.7 Å². The fourth-order valence-electron chi connectivity index (χ4n) is 3.71. The molecule has 1 aromatic carbocycles. The van der Waals surface area contributed by atoms with Crippen LogP contribution in [0.3, 0.4) is 0 Å². The third-order valence-electron chi connectivity index (χ3n) is 5.77. The molecular weight excluding hydrogens is 506 g/mol. The summed E-state index contributed by atoms with van der Waals surface area (Å²) < 4.78 is 21.5. The van der Waals surface area contributed by atoms with Gasteiger partial charge < -0.3 is 29.8 Å². The Hall–Kier alpha value is -3.14. The lowest BCUT2D eigenvalue weighted by atomic mass is 9.82. The molecule has 4 atom stereocenters. The SMILES string of the molecule is CCC(C)OC(=O)OCC(C)C(c1ccc(OC(=O)CC(C)(C)C)c(OC(=O)CC(C)(C)C)c1)[C@H](N)C(=O)O. The van der Waals surface area contributed by atoms with Crippen molar-refractivity contribution in [2.75, 3.05) is 6.61 Å². The Labute approximate surface area is 231 Å². The van der Waals surface area contributed by atoms with Crippen molar-refractivity contribution in [3.8, 4) is 11.5 Å². The van der Waals surface area contributed by atoms with Gasteiger partial charge in [-0.2, -0.15) is 0 Å². The van der Waals surface area contributed by atoms with Gasteiger partial charge in [0.15, 0.2) is 11.5 Å². The lowest BCUT2D eigenvalue weighted by molar-refractivity contribution is -0.139. The highest BCUT2D eigenvalue weighted by Crippen LogP contribution is 2.37. The fraction of sp³-hybridized carbons (Fsp3) is 0.655. The molecule has 220 valence electrons. The monoisotopic (exact) mass is 551 g/mol. The van der Waals surface area contributed by atoms with Crippen LogP contribution in [0.2, 0.25) is 0 Å². The van der Waals surface area contributed by atoms with Crippen LogP contribution in [0.15, 0.2) is 18.2 Å². The summed E-state index contributed by atoms with van der Waals surface area (Å²) in [7, 11) is 0. The van der Waals surface area contributed by atoms with E-state index in [0.29, 0.717) is 12.0 Å². The number of carbonyl (C=O) groups excluding carboxylic acids is 3. The van der Waals surface area contributed by atoms with E-state index < -0.39 is 41.9 Å². The maximum Gasteiger partial charge on any atom is 0.508 e. The summed E-state index contributed by atoms with van der Waals surface area (Å²) in [6.45, 7) is 16.4. The number of carboxylic acid groups (broad SMARTS) is 1. The van der Waals surface area contributed by atoms with Crippen LogP contribution >= 0.6 is 0 Å². The molecule has 10 heteroatoms. The normalized spacial score (nSPS) is 14.9. The van der Waals surface area contributed by atoms with Gasteiger partial charge in [0.05, 0.1) is 19.4 Å². The number of carbonyl (C=O) groups is 4. The summed E-state index contributed by atoms with van der Waals surface area (Å²) >= 11 is 0. The number of rotatable bonds is 12. The number of carboxylic acids is 1. The zero-order valence-corrected chi connectivity index (χ0v) is 24.7. The van der Waals surface area contributed by atoms with Crippen molar-refractivity contribution in [2.24, 2.45) is 22.5 Å². The second-order valence-electron chi connectivity index (χ2n) is 12.4. The molecule has 1 rings (SSSR count). The van der Waals surface area contributed by atoms with Crippen LogP contribution < -0.4 is 15.2 Å². The first-order valence-corrected chi connectivity index (χ1v) is 13.2. The van der Waals surface area contributed by atoms with Gasteiger partial charge in [-0.3, -0.25) is 14.4 Å². The van der Waals surface area contributed by atoms with Gasteiger partial charge in [0.1, 0.15) is 12.1 Å². The number of aliphatic carboxylic acids is 1. The minimum Gasteiger partial charge on any atom is -0.480 e. The van der Waals surface area contributed by atoms with Crippen molar-refractivity contribution >= 4 is 24.1 Å². The summed E-state index contributed by atoms with van der Waals surface area (Å²) in [6.07, 6.45) is -0.369. The number of esters is 2. The molecule has 0 saturated carbocycles. The summed E-state index contributed by atoms with van der Waals surface area (Å²) in [5, 5.41) is 9.70. The summed E-state index contributed by atoms with van der Waals surface area (Å²) in [5.74, 6) is -3.73. The van der Waals surface area contributed by atoms with Crippen LogP contribution in [-0.4, -0.2) is 47.9 Å². The maximum atomic E-state index is 12.7. The minimum absolute atomic E-state index is 0.0268. The molecule has 0 saturated heterocycles. The molecule has 0 aliphatic heterocycles. The van der Waals surface area contributed by atoms with Gasteiger partial charge in [-0.1, -0.05) is 61.5 Å². The van der Waals surface area contributed by atoms with Crippen LogP contribution in [0.25, 0.3) is 0 Å². The highest BCUT2D eigenvalue weighted by atomic mass is 16.7. The molecule has 0 spiro atoms. The first-order valence-electron chi connectivity index (χ1n) is 13.2. The molecular formula is C29H45NO9. The first-order chi connectivity index (χ1) is 17.8. The van der Waals surface area contributed by atoms with Crippen molar-refractivity contribution in [1.82, 2.24) is 0 Å². The smallest absolute Gasteiger partial charge is 0.480 e. The van der Waals surface area contributed by atoms with Crippen LogP contribution in [-0.2, 0) is 23.9 Å². The Bertz CT molecular complexity index is 1010. The Kier molecular flexibility index (Phi) is 12.4. The van der Waals surface area contributed by atoms with E-state index in [1.54, 1.807) is 19.9 Å². The van der Waals surface area contributed by atoms with Gasteiger partial charge in [0.25, 0.3) is 0 Å². The Morgan fingerprint density at radius 3 is 1.87 bits per heavy atom. The summed E-state index contributed by atoms with van der Waals surface area (Å²) in [5.41, 5.74) is 5.78. The van der Waals surface area contributed by atoms with Crippen molar-refractivity contribution in [3.63, 3.8) is 0 Å². The van der Waals surface area contributed by atoms with E-state index in [2.05, 4.69) is 0 Å². The molecule has 0 radical (unpaired) electrons. The Morgan fingerprint density at radius 2 is 1.41 bits per heavy atom. The average Bonchev–Trinajstić information content (AvgIpc) is 2.76. The lowest BCUT2D eigenvalue weighted by Gasteiger charge is -2.28. The number of benzene rings is 1. The number of hydrogen-bond donors (Lipinski definition) is 2. The molecule has 3 unspecified atom stereocenters. The van der Waals surface area contributed by atoms with E-state index >= 15 is 0 Å². The van der Waals surface area contributed by atoms with Crippen LogP contribution in [0.5, 0.6) is 11.5 Å². The molecule has 0 amide bonds. The molecule has 0 aliphatic carbocycles. The summed E-state index contributed by atoms with van der Waals surface area (Å²) in [4.78, 5) is 49.1.